The lowest BCUT2D eigenvalue weighted by Crippen LogP contribution is -2.13. The summed E-state index contributed by atoms with van der Waals surface area (Å²) in [5.74, 6) is 1.48. The third-order valence-corrected chi connectivity index (χ3v) is 1.87. The Hall–Kier alpha value is -1.40. The quantitative estimate of drug-likeness (QED) is 0.632. The van der Waals surface area contributed by atoms with Gasteiger partial charge < -0.3 is 20.1 Å². The molecule has 0 aliphatic carbocycles. The molecule has 0 bridgehead atoms. The van der Waals surface area contributed by atoms with Crippen molar-refractivity contribution in [1.29, 1.82) is 0 Å². The first-order chi connectivity index (χ1) is 7.86. The largest absolute Gasteiger partial charge is 0.382 e. The second-order valence-corrected chi connectivity index (χ2v) is 3.07. The zero-order valence-corrected chi connectivity index (χ0v) is 9.69. The molecular formula is C10H18N4O2. The van der Waals surface area contributed by atoms with E-state index in [1.807, 2.05) is 7.05 Å². The molecule has 0 aliphatic heterocycles. The summed E-state index contributed by atoms with van der Waals surface area (Å²) in [5, 5.41) is 6.04. The minimum Gasteiger partial charge on any atom is -0.382 e. The van der Waals surface area contributed by atoms with E-state index in [-0.39, 0.29) is 0 Å². The van der Waals surface area contributed by atoms with Crippen LogP contribution in [0, 0.1) is 0 Å². The fourth-order valence-electron chi connectivity index (χ4n) is 1.07. The molecular weight excluding hydrogens is 208 g/mol. The van der Waals surface area contributed by atoms with Crippen LogP contribution < -0.4 is 10.6 Å². The Labute approximate surface area is 95.4 Å². The Kier molecular flexibility index (Phi) is 6.20. The Balaban J connectivity index is 2.16. The van der Waals surface area contributed by atoms with Crippen LogP contribution in [-0.2, 0) is 9.47 Å². The van der Waals surface area contributed by atoms with Gasteiger partial charge in [0, 0.05) is 20.7 Å². The minimum atomic E-state index is 0.612. The summed E-state index contributed by atoms with van der Waals surface area (Å²) in [6.07, 6.45) is 3.34. The fourth-order valence-corrected chi connectivity index (χ4v) is 1.07. The summed E-state index contributed by atoms with van der Waals surface area (Å²) in [5.41, 5.74) is 0. The molecule has 0 saturated carbocycles. The van der Waals surface area contributed by atoms with Crippen LogP contribution in [0.2, 0.25) is 0 Å². The Bertz CT molecular complexity index is 296. The van der Waals surface area contributed by atoms with Crippen LogP contribution in [0.15, 0.2) is 12.4 Å². The van der Waals surface area contributed by atoms with Crippen molar-refractivity contribution in [2.24, 2.45) is 0 Å². The molecule has 0 aromatic carbocycles. The van der Waals surface area contributed by atoms with Gasteiger partial charge in [-0.3, -0.25) is 4.98 Å². The molecule has 90 valence electrons. The second kappa shape index (κ2) is 7.84. The molecule has 0 atom stereocenters. The summed E-state index contributed by atoms with van der Waals surface area (Å²) in [7, 11) is 3.46. The number of methoxy groups -OCH3 is 1. The molecule has 0 spiro atoms. The number of anilines is 2. The monoisotopic (exact) mass is 226 g/mol. The van der Waals surface area contributed by atoms with Crippen molar-refractivity contribution >= 4 is 11.6 Å². The van der Waals surface area contributed by atoms with Crippen LogP contribution in [0.1, 0.15) is 0 Å². The van der Waals surface area contributed by atoms with Crippen LogP contribution in [0.5, 0.6) is 0 Å². The maximum atomic E-state index is 5.30. The first-order valence-corrected chi connectivity index (χ1v) is 5.17. The van der Waals surface area contributed by atoms with E-state index in [4.69, 9.17) is 9.47 Å². The molecule has 0 radical (unpaired) electrons. The van der Waals surface area contributed by atoms with E-state index < -0.39 is 0 Å². The maximum Gasteiger partial charge on any atom is 0.147 e. The van der Waals surface area contributed by atoms with Crippen LogP contribution in [-0.4, -0.2) is 50.5 Å². The molecule has 1 aromatic rings. The van der Waals surface area contributed by atoms with Gasteiger partial charge in [-0.15, -0.1) is 0 Å². The highest BCUT2D eigenvalue weighted by atomic mass is 16.5. The Morgan fingerprint density at radius 3 is 2.75 bits per heavy atom. The standard InChI is InChI=1S/C10H18N4O2/c1-11-9-7-12-8-10(14-9)13-3-4-16-6-5-15-2/h7-8H,3-6H2,1-2H3,(H2,11,13,14). The van der Waals surface area contributed by atoms with E-state index in [2.05, 4.69) is 20.6 Å². The molecule has 1 heterocycles. The smallest absolute Gasteiger partial charge is 0.147 e. The summed E-state index contributed by atoms with van der Waals surface area (Å²) in [6, 6.07) is 0. The van der Waals surface area contributed by atoms with Crippen molar-refractivity contribution in [2.45, 2.75) is 0 Å². The van der Waals surface area contributed by atoms with Crippen molar-refractivity contribution in [3.05, 3.63) is 12.4 Å². The number of hydrogen-bond acceptors (Lipinski definition) is 6. The van der Waals surface area contributed by atoms with E-state index in [0.717, 1.165) is 11.6 Å². The first-order valence-electron chi connectivity index (χ1n) is 5.17. The van der Waals surface area contributed by atoms with Gasteiger partial charge in [-0.2, -0.15) is 0 Å². The minimum absolute atomic E-state index is 0.612. The van der Waals surface area contributed by atoms with E-state index in [1.165, 1.54) is 0 Å². The summed E-state index contributed by atoms with van der Waals surface area (Å²) >= 11 is 0. The molecule has 0 aliphatic rings. The van der Waals surface area contributed by atoms with Gasteiger partial charge in [0.25, 0.3) is 0 Å². The number of nitrogens with one attached hydrogen (secondary N) is 2. The van der Waals surface area contributed by atoms with Crippen LogP contribution >= 0.6 is 0 Å². The SMILES string of the molecule is CNc1cncc(NCCOCCOC)n1. The topological polar surface area (TPSA) is 68.3 Å². The molecule has 1 rings (SSSR count). The number of rotatable bonds is 8. The highest BCUT2D eigenvalue weighted by Crippen LogP contribution is 2.04. The molecule has 6 heteroatoms. The van der Waals surface area contributed by atoms with Crippen LogP contribution in [0.4, 0.5) is 11.6 Å². The maximum absolute atomic E-state index is 5.30. The van der Waals surface area contributed by atoms with Gasteiger partial charge in [0.05, 0.1) is 32.2 Å². The molecule has 0 unspecified atom stereocenters. The van der Waals surface area contributed by atoms with Gasteiger partial charge in [0.2, 0.25) is 0 Å². The zero-order valence-electron chi connectivity index (χ0n) is 9.69. The van der Waals surface area contributed by atoms with Crippen LogP contribution in [0.25, 0.3) is 0 Å². The van der Waals surface area contributed by atoms with E-state index in [9.17, 15) is 0 Å². The lowest BCUT2D eigenvalue weighted by atomic mass is 10.5. The van der Waals surface area contributed by atoms with Crippen LogP contribution in [0.3, 0.4) is 0 Å². The third-order valence-electron chi connectivity index (χ3n) is 1.87. The fraction of sp³-hybridized carbons (Fsp3) is 0.600. The zero-order chi connectivity index (χ0) is 11.6. The first kappa shape index (κ1) is 12.7. The second-order valence-electron chi connectivity index (χ2n) is 3.07. The van der Waals surface area contributed by atoms with Crippen molar-refractivity contribution in [1.82, 2.24) is 9.97 Å². The van der Waals surface area contributed by atoms with E-state index in [1.54, 1.807) is 19.5 Å². The lowest BCUT2D eigenvalue weighted by Gasteiger charge is -2.07. The summed E-state index contributed by atoms with van der Waals surface area (Å²) in [6.45, 7) is 2.55. The number of hydrogen-bond donors (Lipinski definition) is 2. The van der Waals surface area contributed by atoms with E-state index in [0.29, 0.717) is 26.4 Å². The van der Waals surface area contributed by atoms with Gasteiger partial charge in [0.15, 0.2) is 0 Å². The predicted molar refractivity (Wildman–Crippen MR) is 62.8 cm³/mol. The van der Waals surface area contributed by atoms with E-state index >= 15 is 0 Å². The molecule has 16 heavy (non-hydrogen) atoms. The highest BCUT2D eigenvalue weighted by molar-refractivity contribution is 5.40. The number of nitrogens with zero attached hydrogens (tertiary/aromatic N) is 2. The third kappa shape index (κ3) is 4.90. The summed E-state index contributed by atoms with van der Waals surface area (Å²) in [4.78, 5) is 8.30. The number of ether oxygens (including phenoxy) is 2. The molecule has 1 aromatic heterocycles. The summed E-state index contributed by atoms with van der Waals surface area (Å²) < 4.78 is 10.2. The molecule has 0 amide bonds. The average molecular weight is 226 g/mol. The van der Waals surface area contributed by atoms with Gasteiger partial charge in [-0.05, 0) is 0 Å². The van der Waals surface area contributed by atoms with Gasteiger partial charge >= 0.3 is 0 Å². The average Bonchev–Trinajstić information content (AvgIpc) is 2.34. The lowest BCUT2D eigenvalue weighted by molar-refractivity contribution is 0.0759. The van der Waals surface area contributed by atoms with Crippen molar-refractivity contribution in [3.63, 3.8) is 0 Å². The van der Waals surface area contributed by atoms with Crippen molar-refractivity contribution in [3.8, 4) is 0 Å². The molecule has 0 saturated heterocycles. The van der Waals surface area contributed by atoms with Crippen molar-refractivity contribution in [2.75, 3.05) is 51.2 Å². The number of aromatic nitrogens is 2. The van der Waals surface area contributed by atoms with Crippen molar-refractivity contribution < 1.29 is 9.47 Å². The van der Waals surface area contributed by atoms with Gasteiger partial charge in [0.1, 0.15) is 11.6 Å². The predicted octanol–water partition coefficient (Wildman–Crippen LogP) is 0.593. The highest BCUT2D eigenvalue weighted by Gasteiger charge is 1.95. The Morgan fingerprint density at radius 2 is 2.00 bits per heavy atom. The Morgan fingerprint density at radius 1 is 1.19 bits per heavy atom. The molecule has 0 fully saturated rings. The normalized spacial score (nSPS) is 10.1. The van der Waals surface area contributed by atoms with Gasteiger partial charge in [-0.25, -0.2) is 4.98 Å². The van der Waals surface area contributed by atoms with Gasteiger partial charge in [-0.1, -0.05) is 0 Å². The molecule has 6 nitrogen and oxygen atoms in total. The molecule has 2 N–H and O–H groups in total.